The van der Waals surface area contributed by atoms with Gasteiger partial charge in [-0.25, -0.2) is 15.0 Å². The van der Waals surface area contributed by atoms with Crippen molar-refractivity contribution in [2.45, 2.75) is 19.9 Å². The zero-order valence-electron chi connectivity index (χ0n) is 10.4. The molecule has 0 aliphatic heterocycles. The Morgan fingerprint density at radius 2 is 2.16 bits per heavy atom. The number of hydrogen-bond donors (Lipinski definition) is 3. The SMILES string of the molecule is CCc1ncc(CNc2ncnc3[nH]c(Br)cc23)[nH]1. The molecule has 0 aromatic carbocycles. The predicted octanol–water partition coefficient (Wildman–Crippen LogP) is 2.62. The highest BCUT2D eigenvalue weighted by Gasteiger charge is 2.07. The molecule has 0 bridgehead atoms. The number of anilines is 1. The first-order valence-electron chi connectivity index (χ1n) is 6.02. The van der Waals surface area contributed by atoms with E-state index in [9.17, 15) is 0 Å². The summed E-state index contributed by atoms with van der Waals surface area (Å²) in [4.78, 5) is 19.1. The highest BCUT2D eigenvalue weighted by atomic mass is 79.9. The third-order valence-electron chi connectivity index (χ3n) is 2.86. The van der Waals surface area contributed by atoms with Crippen molar-refractivity contribution in [2.24, 2.45) is 0 Å². The average Bonchev–Trinajstić information content (AvgIpc) is 3.01. The molecule has 0 aliphatic carbocycles. The molecular weight excluding hydrogens is 308 g/mol. The molecule has 0 fully saturated rings. The summed E-state index contributed by atoms with van der Waals surface area (Å²) < 4.78 is 0.890. The van der Waals surface area contributed by atoms with E-state index in [-0.39, 0.29) is 0 Å². The molecule has 3 aromatic heterocycles. The number of nitrogens with zero attached hydrogens (tertiary/aromatic N) is 3. The standard InChI is InChI=1S/C12H13BrN6/c1-2-10-14-4-7(18-10)5-15-11-8-3-9(13)19-12(8)17-6-16-11/h3-4,6H,2,5H2,1H3,(H,14,18)(H2,15,16,17,19). The maximum Gasteiger partial charge on any atom is 0.143 e. The summed E-state index contributed by atoms with van der Waals surface area (Å²) in [5.74, 6) is 1.80. The minimum Gasteiger partial charge on any atom is -0.364 e. The van der Waals surface area contributed by atoms with E-state index < -0.39 is 0 Å². The predicted molar refractivity (Wildman–Crippen MR) is 76.9 cm³/mol. The van der Waals surface area contributed by atoms with Gasteiger partial charge >= 0.3 is 0 Å². The van der Waals surface area contributed by atoms with Crippen molar-refractivity contribution in [2.75, 3.05) is 5.32 Å². The second-order valence-electron chi connectivity index (χ2n) is 4.16. The quantitative estimate of drug-likeness (QED) is 0.690. The van der Waals surface area contributed by atoms with Crippen LogP contribution >= 0.6 is 15.9 Å². The molecule has 0 unspecified atom stereocenters. The molecule has 98 valence electrons. The van der Waals surface area contributed by atoms with Crippen molar-refractivity contribution in [1.82, 2.24) is 24.9 Å². The van der Waals surface area contributed by atoms with Crippen molar-refractivity contribution < 1.29 is 0 Å². The monoisotopic (exact) mass is 320 g/mol. The number of imidazole rings is 1. The summed E-state index contributed by atoms with van der Waals surface area (Å²) in [5.41, 5.74) is 1.85. The fraction of sp³-hybridized carbons (Fsp3) is 0.250. The van der Waals surface area contributed by atoms with Gasteiger partial charge in [-0.3, -0.25) is 0 Å². The summed E-state index contributed by atoms with van der Waals surface area (Å²) in [6.07, 6.45) is 4.29. The Bertz CT molecular complexity index is 701. The van der Waals surface area contributed by atoms with Crippen LogP contribution < -0.4 is 5.32 Å². The minimum absolute atomic E-state index is 0.655. The lowest BCUT2D eigenvalue weighted by Crippen LogP contribution is -2.02. The third kappa shape index (κ3) is 2.46. The van der Waals surface area contributed by atoms with Crippen molar-refractivity contribution in [1.29, 1.82) is 0 Å². The van der Waals surface area contributed by atoms with Gasteiger partial charge in [-0.15, -0.1) is 0 Å². The van der Waals surface area contributed by atoms with Crippen molar-refractivity contribution >= 4 is 32.8 Å². The van der Waals surface area contributed by atoms with Crippen LogP contribution in [0.15, 0.2) is 23.2 Å². The average molecular weight is 321 g/mol. The van der Waals surface area contributed by atoms with E-state index in [1.807, 2.05) is 12.3 Å². The summed E-state index contributed by atoms with van der Waals surface area (Å²) in [5, 5.41) is 4.25. The summed E-state index contributed by atoms with van der Waals surface area (Å²) >= 11 is 3.40. The first-order valence-corrected chi connectivity index (χ1v) is 6.81. The van der Waals surface area contributed by atoms with Gasteiger partial charge in [-0.1, -0.05) is 6.92 Å². The second kappa shape index (κ2) is 5.00. The molecule has 19 heavy (non-hydrogen) atoms. The number of aromatic nitrogens is 5. The van der Waals surface area contributed by atoms with Crippen LogP contribution in [0.4, 0.5) is 5.82 Å². The zero-order valence-corrected chi connectivity index (χ0v) is 12.0. The zero-order chi connectivity index (χ0) is 13.2. The van der Waals surface area contributed by atoms with Gasteiger partial charge in [0.1, 0.15) is 23.6 Å². The normalized spacial score (nSPS) is 11.1. The Balaban J connectivity index is 1.81. The second-order valence-corrected chi connectivity index (χ2v) is 5.02. The minimum atomic E-state index is 0.655. The lowest BCUT2D eigenvalue weighted by Gasteiger charge is -2.04. The fourth-order valence-corrected chi connectivity index (χ4v) is 2.32. The first kappa shape index (κ1) is 12.2. The number of fused-ring (bicyclic) bond motifs is 1. The van der Waals surface area contributed by atoms with Gasteiger partial charge in [-0.2, -0.15) is 0 Å². The largest absolute Gasteiger partial charge is 0.364 e. The Kier molecular flexibility index (Phi) is 3.20. The molecule has 7 heteroatoms. The molecule has 3 N–H and O–H groups in total. The molecule has 0 spiro atoms. The lowest BCUT2D eigenvalue weighted by atomic mass is 10.3. The number of halogens is 1. The van der Waals surface area contributed by atoms with Crippen LogP contribution in [0.3, 0.4) is 0 Å². The van der Waals surface area contributed by atoms with Crippen molar-refractivity contribution in [3.05, 3.63) is 34.7 Å². The van der Waals surface area contributed by atoms with E-state index >= 15 is 0 Å². The van der Waals surface area contributed by atoms with Crippen LogP contribution in [0.2, 0.25) is 0 Å². The van der Waals surface area contributed by atoms with Crippen LogP contribution in [-0.2, 0) is 13.0 Å². The molecule has 3 rings (SSSR count). The molecule has 0 saturated carbocycles. The Morgan fingerprint density at radius 1 is 1.26 bits per heavy atom. The van der Waals surface area contributed by atoms with Crippen molar-refractivity contribution in [3.63, 3.8) is 0 Å². The molecule has 0 radical (unpaired) electrons. The van der Waals surface area contributed by atoms with Gasteiger partial charge in [0.05, 0.1) is 28.4 Å². The van der Waals surface area contributed by atoms with Crippen LogP contribution in [-0.4, -0.2) is 24.9 Å². The van der Waals surface area contributed by atoms with Gasteiger partial charge in [-0.05, 0) is 22.0 Å². The van der Waals surface area contributed by atoms with Gasteiger partial charge in [0.25, 0.3) is 0 Å². The van der Waals surface area contributed by atoms with Crippen LogP contribution in [0.1, 0.15) is 18.4 Å². The number of aryl methyl sites for hydroxylation is 1. The number of H-pyrrole nitrogens is 2. The highest BCUT2D eigenvalue weighted by molar-refractivity contribution is 9.10. The number of nitrogens with one attached hydrogen (secondary N) is 3. The molecule has 0 atom stereocenters. The van der Waals surface area contributed by atoms with Gasteiger partial charge in [0, 0.05) is 6.42 Å². The smallest absolute Gasteiger partial charge is 0.143 e. The summed E-state index contributed by atoms with van der Waals surface area (Å²) in [6, 6.07) is 1.96. The third-order valence-corrected chi connectivity index (χ3v) is 3.28. The van der Waals surface area contributed by atoms with Crippen LogP contribution in [0.5, 0.6) is 0 Å². The maximum atomic E-state index is 4.27. The molecule has 3 aromatic rings. The molecule has 0 amide bonds. The van der Waals surface area contributed by atoms with Crippen LogP contribution in [0.25, 0.3) is 11.0 Å². The van der Waals surface area contributed by atoms with E-state index in [1.54, 1.807) is 0 Å². The molecular formula is C12H13BrN6. The number of aromatic amines is 2. The van der Waals surface area contributed by atoms with E-state index in [0.717, 1.165) is 39.4 Å². The van der Waals surface area contributed by atoms with E-state index in [2.05, 4.69) is 53.1 Å². The van der Waals surface area contributed by atoms with Gasteiger partial charge in [0.2, 0.25) is 0 Å². The first-order chi connectivity index (χ1) is 9.26. The van der Waals surface area contributed by atoms with E-state index in [0.29, 0.717) is 6.54 Å². The fourth-order valence-electron chi connectivity index (χ4n) is 1.90. The van der Waals surface area contributed by atoms with E-state index in [4.69, 9.17) is 0 Å². The number of hydrogen-bond acceptors (Lipinski definition) is 4. The molecule has 6 nitrogen and oxygen atoms in total. The lowest BCUT2D eigenvalue weighted by molar-refractivity contribution is 0.963. The molecule has 0 aliphatic rings. The van der Waals surface area contributed by atoms with Crippen molar-refractivity contribution in [3.8, 4) is 0 Å². The Labute approximate surface area is 118 Å². The van der Waals surface area contributed by atoms with Crippen LogP contribution in [0, 0.1) is 0 Å². The number of rotatable bonds is 4. The summed E-state index contributed by atoms with van der Waals surface area (Å²) in [6.45, 7) is 2.73. The highest BCUT2D eigenvalue weighted by Crippen LogP contribution is 2.23. The Hall–Kier alpha value is -1.89. The topological polar surface area (TPSA) is 82.3 Å². The van der Waals surface area contributed by atoms with Gasteiger partial charge in [0.15, 0.2) is 0 Å². The maximum absolute atomic E-state index is 4.27. The van der Waals surface area contributed by atoms with Gasteiger partial charge < -0.3 is 15.3 Å². The van der Waals surface area contributed by atoms with E-state index in [1.165, 1.54) is 6.33 Å². The summed E-state index contributed by atoms with van der Waals surface area (Å²) in [7, 11) is 0. The Morgan fingerprint density at radius 3 is 2.95 bits per heavy atom. The molecule has 3 heterocycles. The molecule has 0 saturated heterocycles.